The van der Waals surface area contributed by atoms with E-state index in [4.69, 9.17) is 11.6 Å². The zero-order valence-corrected chi connectivity index (χ0v) is 6.65. The Kier molecular flexibility index (Phi) is 2.92. The minimum absolute atomic E-state index is 0.105. The topological polar surface area (TPSA) is 12.9 Å². The fourth-order valence-electron chi connectivity index (χ4n) is 0.791. The van der Waals surface area contributed by atoms with Gasteiger partial charge in [-0.1, -0.05) is 0 Å². The molecule has 66 valence electrons. The van der Waals surface area contributed by atoms with Crippen LogP contribution in [0.4, 0.5) is 13.2 Å². The summed E-state index contributed by atoms with van der Waals surface area (Å²) in [6.45, 7) is 0. The molecule has 0 unspecified atom stereocenters. The van der Waals surface area contributed by atoms with Gasteiger partial charge in [-0.25, -0.2) is 13.8 Å². The lowest BCUT2D eigenvalue weighted by Gasteiger charge is -2.03. The average molecular weight is 196 g/mol. The summed E-state index contributed by atoms with van der Waals surface area (Å²) in [5, 5.41) is 0. The van der Waals surface area contributed by atoms with Gasteiger partial charge in [0, 0.05) is 5.56 Å². The molecular weight excluding hydrogens is 191 g/mol. The van der Waals surface area contributed by atoms with Crippen LogP contribution >= 0.6 is 11.6 Å². The maximum atomic E-state index is 12.4. The van der Waals surface area contributed by atoms with Crippen molar-refractivity contribution in [2.45, 2.75) is 12.3 Å². The summed E-state index contributed by atoms with van der Waals surface area (Å²) in [4.78, 5) is 3.23. The molecule has 0 atom stereocenters. The molecule has 0 fully saturated rings. The van der Waals surface area contributed by atoms with Crippen molar-refractivity contribution in [1.29, 1.82) is 0 Å². The van der Waals surface area contributed by atoms with Gasteiger partial charge in [0.25, 0.3) is 6.43 Å². The van der Waals surface area contributed by atoms with Crippen molar-refractivity contribution in [3.05, 3.63) is 29.3 Å². The van der Waals surface area contributed by atoms with Gasteiger partial charge in [-0.15, -0.1) is 11.6 Å². The van der Waals surface area contributed by atoms with Gasteiger partial charge in [0.05, 0.1) is 11.6 Å². The summed E-state index contributed by atoms with van der Waals surface area (Å²) < 4.78 is 36.6. The molecule has 0 aliphatic carbocycles. The van der Waals surface area contributed by atoms with Crippen LogP contribution in [-0.2, 0) is 5.88 Å². The third-order valence-electron chi connectivity index (χ3n) is 1.34. The predicted octanol–water partition coefficient (Wildman–Crippen LogP) is 2.90. The van der Waals surface area contributed by atoms with Gasteiger partial charge >= 0.3 is 0 Å². The molecule has 0 spiro atoms. The third kappa shape index (κ3) is 1.88. The van der Waals surface area contributed by atoms with Crippen molar-refractivity contribution in [1.82, 2.24) is 4.98 Å². The molecule has 0 aliphatic rings. The van der Waals surface area contributed by atoms with Crippen LogP contribution < -0.4 is 0 Å². The molecule has 12 heavy (non-hydrogen) atoms. The number of nitrogens with zero attached hydrogens (tertiary/aromatic N) is 1. The van der Waals surface area contributed by atoms with Crippen LogP contribution in [0.5, 0.6) is 0 Å². The zero-order chi connectivity index (χ0) is 9.14. The number of rotatable bonds is 2. The molecule has 1 rings (SSSR count). The second-order valence-electron chi connectivity index (χ2n) is 2.10. The van der Waals surface area contributed by atoms with E-state index in [0.717, 1.165) is 12.1 Å². The molecule has 0 saturated carbocycles. The molecular formula is C7H5ClF3N. The summed E-state index contributed by atoms with van der Waals surface area (Å²) >= 11 is 5.29. The van der Waals surface area contributed by atoms with E-state index in [1.165, 1.54) is 0 Å². The smallest absolute Gasteiger partial charge is 0.223 e. The predicted molar refractivity (Wildman–Crippen MR) is 38.7 cm³/mol. The van der Waals surface area contributed by atoms with Crippen molar-refractivity contribution in [3.63, 3.8) is 0 Å². The number of alkyl halides is 3. The SMILES string of the molecule is Fc1ccc(C(F)F)c(CCl)n1. The Labute approximate surface area is 72.2 Å². The lowest BCUT2D eigenvalue weighted by atomic mass is 10.2. The van der Waals surface area contributed by atoms with Crippen LogP contribution in [0.3, 0.4) is 0 Å². The Morgan fingerprint density at radius 1 is 1.42 bits per heavy atom. The Hall–Kier alpha value is -0.770. The van der Waals surface area contributed by atoms with Crippen molar-refractivity contribution in [2.24, 2.45) is 0 Å². The largest absolute Gasteiger partial charge is 0.265 e. The van der Waals surface area contributed by atoms with Gasteiger partial charge < -0.3 is 0 Å². The summed E-state index contributed by atoms with van der Waals surface area (Å²) in [7, 11) is 0. The second-order valence-corrected chi connectivity index (χ2v) is 2.37. The first-order valence-corrected chi connectivity index (χ1v) is 3.68. The van der Waals surface area contributed by atoms with E-state index in [1.807, 2.05) is 0 Å². The first-order valence-electron chi connectivity index (χ1n) is 3.14. The van der Waals surface area contributed by atoms with Gasteiger partial charge in [-0.3, -0.25) is 0 Å². The highest BCUT2D eigenvalue weighted by molar-refractivity contribution is 6.17. The van der Waals surface area contributed by atoms with Gasteiger partial charge in [0.15, 0.2) is 0 Å². The van der Waals surface area contributed by atoms with E-state index in [1.54, 1.807) is 0 Å². The minimum atomic E-state index is -2.66. The second kappa shape index (κ2) is 3.76. The molecule has 0 radical (unpaired) electrons. The molecule has 1 aromatic rings. The zero-order valence-electron chi connectivity index (χ0n) is 5.90. The molecule has 0 N–H and O–H groups in total. The Morgan fingerprint density at radius 3 is 2.58 bits per heavy atom. The maximum absolute atomic E-state index is 12.4. The number of aromatic nitrogens is 1. The molecule has 0 aliphatic heterocycles. The van der Waals surface area contributed by atoms with Crippen LogP contribution in [0.2, 0.25) is 0 Å². The van der Waals surface area contributed by atoms with Crippen LogP contribution in [0.15, 0.2) is 12.1 Å². The van der Waals surface area contributed by atoms with Crippen LogP contribution in [-0.4, -0.2) is 4.98 Å². The first-order chi connectivity index (χ1) is 5.65. The van der Waals surface area contributed by atoms with Crippen LogP contribution in [0, 0.1) is 5.95 Å². The Bertz CT molecular complexity index is 277. The van der Waals surface area contributed by atoms with Gasteiger partial charge in [-0.2, -0.15) is 4.39 Å². The van der Waals surface area contributed by atoms with E-state index in [0.29, 0.717) is 0 Å². The maximum Gasteiger partial charge on any atom is 0.265 e. The summed E-state index contributed by atoms with van der Waals surface area (Å²) in [5.41, 5.74) is -0.418. The standard InChI is InChI=1S/C7H5ClF3N/c8-3-5-4(7(10)11)1-2-6(9)12-5/h1-2,7H,3H2. The lowest BCUT2D eigenvalue weighted by Crippen LogP contribution is -1.97. The average Bonchev–Trinajstić information content (AvgIpc) is 2.03. The van der Waals surface area contributed by atoms with Crippen molar-refractivity contribution >= 4 is 11.6 Å². The fourth-order valence-corrected chi connectivity index (χ4v) is 1.01. The normalized spacial score (nSPS) is 10.8. The highest BCUT2D eigenvalue weighted by Crippen LogP contribution is 2.22. The molecule has 0 amide bonds. The third-order valence-corrected chi connectivity index (χ3v) is 1.59. The number of halogens is 4. The first kappa shape index (κ1) is 9.32. The molecule has 5 heteroatoms. The quantitative estimate of drug-likeness (QED) is 0.522. The van der Waals surface area contributed by atoms with Crippen molar-refractivity contribution in [3.8, 4) is 0 Å². The van der Waals surface area contributed by atoms with Crippen molar-refractivity contribution in [2.75, 3.05) is 0 Å². The highest BCUT2D eigenvalue weighted by Gasteiger charge is 2.13. The Balaban J connectivity index is 3.11. The number of pyridine rings is 1. The molecule has 0 bridgehead atoms. The van der Waals surface area contributed by atoms with Crippen molar-refractivity contribution < 1.29 is 13.2 Å². The van der Waals surface area contributed by atoms with E-state index in [9.17, 15) is 13.2 Å². The molecule has 1 nitrogen and oxygen atoms in total. The van der Waals surface area contributed by atoms with E-state index in [2.05, 4.69) is 4.98 Å². The molecule has 0 saturated heterocycles. The number of hydrogen-bond donors (Lipinski definition) is 0. The van der Waals surface area contributed by atoms with E-state index >= 15 is 0 Å². The minimum Gasteiger partial charge on any atom is -0.223 e. The summed E-state index contributed by atoms with van der Waals surface area (Å²) in [6, 6.07) is 1.88. The summed E-state index contributed by atoms with van der Waals surface area (Å²) in [6.07, 6.45) is -2.66. The number of hydrogen-bond acceptors (Lipinski definition) is 1. The van der Waals surface area contributed by atoms with Gasteiger partial charge in [-0.05, 0) is 12.1 Å². The molecule has 0 aromatic carbocycles. The monoisotopic (exact) mass is 195 g/mol. The van der Waals surface area contributed by atoms with E-state index < -0.39 is 12.4 Å². The van der Waals surface area contributed by atoms with Gasteiger partial charge in [0.2, 0.25) is 5.95 Å². The van der Waals surface area contributed by atoms with Crippen LogP contribution in [0.1, 0.15) is 17.7 Å². The highest BCUT2D eigenvalue weighted by atomic mass is 35.5. The molecule has 1 aromatic heterocycles. The lowest BCUT2D eigenvalue weighted by molar-refractivity contribution is 0.149. The van der Waals surface area contributed by atoms with Crippen LogP contribution in [0.25, 0.3) is 0 Å². The Morgan fingerprint density at radius 2 is 2.08 bits per heavy atom. The fraction of sp³-hybridized carbons (Fsp3) is 0.286. The molecule has 1 heterocycles. The van der Waals surface area contributed by atoms with E-state index in [-0.39, 0.29) is 17.1 Å². The van der Waals surface area contributed by atoms with Gasteiger partial charge in [0.1, 0.15) is 0 Å². The summed E-state index contributed by atoms with van der Waals surface area (Å²) in [5.74, 6) is -1.01.